The largest absolute Gasteiger partial charge is 0.338 e. The van der Waals surface area contributed by atoms with Gasteiger partial charge < -0.3 is 9.47 Å². The molecule has 1 amide bonds. The van der Waals surface area contributed by atoms with Crippen LogP contribution >= 0.6 is 0 Å². The zero-order valence-corrected chi connectivity index (χ0v) is 17.9. The van der Waals surface area contributed by atoms with E-state index in [1.807, 2.05) is 48.6 Å². The molecule has 162 valence electrons. The van der Waals surface area contributed by atoms with E-state index >= 15 is 0 Å². The third kappa shape index (κ3) is 3.93. The molecule has 1 aliphatic heterocycles. The maximum Gasteiger partial charge on any atom is 0.257 e. The van der Waals surface area contributed by atoms with Crippen molar-refractivity contribution in [1.29, 1.82) is 0 Å². The Labute approximate surface area is 185 Å². The number of amides is 1. The van der Waals surface area contributed by atoms with Crippen molar-refractivity contribution < 1.29 is 9.18 Å². The molecule has 0 atom stereocenters. The van der Waals surface area contributed by atoms with Crippen LogP contribution in [0.2, 0.25) is 0 Å². The molecular formula is C25H24FN5O. The van der Waals surface area contributed by atoms with Crippen LogP contribution in [0, 0.1) is 12.7 Å². The van der Waals surface area contributed by atoms with E-state index in [9.17, 15) is 9.18 Å². The molecule has 2 aromatic heterocycles. The molecule has 3 heterocycles. The van der Waals surface area contributed by atoms with Crippen LogP contribution in [0.5, 0.6) is 0 Å². The van der Waals surface area contributed by atoms with E-state index in [0.29, 0.717) is 36.1 Å². The number of hydrogen-bond donors (Lipinski definition) is 0. The zero-order chi connectivity index (χ0) is 22.1. The van der Waals surface area contributed by atoms with Gasteiger partial charge >= 0.3 is 0 Å². The molecule has 0 unspecified atom stereocenters. The Morgan fingerprint density at radius 1 is 1.09 bits per heavy atom. The van der Waals surface area contributed by atoms with E-state index in [1.165, 1.54) is 12.1 Å². The number of imidazole rings is 1. The van der Waals surface area contributed by atoms with E-state index in [-0.39, 0.29) is 11.7 Å². The van der Waals surface area contributed by atoms with Crippen LogP contribution < -0.4 is 0 Å². The highest BCUT2D eigenvalue weighted by Crippen LogP contribution is 2.28. The summed E-state index contributed by atoms with van der Waals surface area (Å²) in [5.41, 5.74) is 3.89. The number of piperidine rings is 1. The monoisotopic (exact) mass is 429 g/mol. The highest BCUT2D eigenvalue weighted by Gasteiger charge is 2.28. The molecule has 0 saturated carbocycles. The molecule has 1 aliphatic rings. The highest BCUT2D eigenvalue weighted by atomic mass is 19.1. The van der Waals surface area contributed by atoms with Gasteiger partial charge in [0.15, 0.2) is 0 Å². The first-order valence-electron chi connectivity index (χ1n) is 10.8. The van der Waals surface area contributed by atoms with Crippen LogP contribution in [0.25, 0.3) is 16.9 Å². The van der Waals surface area contributed by atoms with Gasteiger partial charge in [0.05, 0.1) is 17.6 Å². The van der Waals surface area contributed by atoms with Gasteiger partial charge in [-0.05, 0) is 50.1 Å². The smallest absolute Gasteiger partial charge is 0.257 e. The van der Waals surface area contributed by atoms with Crippen LogP contribution in [0.15, 0.2) is 73.4 Å². The van der Waals surface area contributed by atoms with Gasteiger partial charge in [-0.1, -0.05) is 23.8 Å². The van der Waals surface area contributed by atoms with Gasteiger partial charge in [0.25, 0.3) is 5.91 Å². The Morgan fingerprint density at radius 3 is 2.56 bits per heavy atom. The fourth-order valence-electron chi connectivity index (χ4n) is 4.28. The van der Waals surface area contributed by atoms with E-state index in [0.717, 1.165) is 24.0 Å². The van der Waals surface area contributed by atoms with E-state index < -0.39 is 0 Å². The zero-order valence-electron chi connectivity index (χ0n) is 17.9. The average molecular weight is 429 g/mol. The van der Waals surface area contributed by atoms with Gasteiger partial charge in [-0.15, -0.1) is 0 Å². The minimum atomic E-state index is -0.308. The Kier molecular flexibility index (Phi) is 5.31. The van der Waals surface area contributed by atoms with E-state index in [4.69, 9.17) is 5.10 Å². The average Bonchev–Trinajstić information content (AvgIpc) is 3.50. The summed E-state index contributed by atoms with van der Waals surface area (Å²) in [6, 6.07) is 14.4. The SMILES string of the molecule is Cc1cccc(-c2nn(-c3ccc(F)cc3)cc2C(=O)N2CCC(n3ccnc3)CC2)c1. The summed E-state index contributed by atoms with van der Waals surface area (Å²) in [4.78, 5) is 19.6. The summed E-state index contributed by atoms with van der Waals surface area (Å²) in [5.74, 6) is -0.337. The van der Waals surface area contributed by atoms with Gasteiger partial charge in [0.2, 0.25) is 0 Å². The van der Waals surface area contributed by atoms with Crippen molar-refractivity contribution in [3.63, 3.8) is 0 Å². The molecule has 0 bridgehead atoms. The first-order valence-corrected chi connectivity index (χ1v) is 10.8. The van der Waals surface area contributed by atoms with Crippen molar-refractivity contribution in [2.24, 2.45) is 0 Å². The van der Waals surface area contributed by atoms with Gasteiger partial charge in [0.1, 0.15) is 11.5 Å². The van der Waals surface area contributed by atoms with E-state index in [1.54, 1.807) is 29.2 Å². The molecule has 5 rings (SSSR count). The number of benzene rings is 2. The predicted molar refractivity (Wildman–Crippen MR) is 120 cm³/mol. The summed E-state index contributed by atoms with van der Waals surface area (Å²) in [5, 5.41) is 4.73. The Bertz CT molecular complexity index is 1220. The Morgan fingerprint density at radius 2 is 1.88 bits per heavy atom. The van der Waals surface area contributed by atoms with Crippen molar-refractivity contribution in [1.82, 2.24) is 24.2 Å². The molecule has 0 N–H and O–H groups in total. The predicted octanol–water partition coefficient (Wildman–Crippen LogP) is 4.66. The summed E-state index contributed by atoms with van der Waals surface area (Å²) in [6.45, 7) is 3.37. The van der Waals surface area contributed by atoms with Crippen molar-refractivity contribution in [3.05, 3.63) is 90.4 Å². The minimum absolute atomic E-state index is 0.0288. The Balaban J connectivity index is 1.46. The van der Waals surface area contributed by atoms with Crippen LogP contribution in [0.1, 0.15) is 34.8 Å². The highest BCUT2D eigenvalue weighted by molar-refractivity contribution is 6.00. The number of aromatic nitrogens is 4. The normalized spacial score (nSPS) is 14.6. The van der Waals surface area contributed by atoms with Crippen LogP contribution in [-0.4, -0.2) is 43.2 Å². The lowest BCUT2D eigenvalue weighted by Gasteiger charge is -2.32. The molecule has 2 aromatic carbocycles. The number of hydrogen-bond acceptors (Lipinski definition) is 3. The second-order valence-corrected chi connectivity index (χ2v) is 8.22. The summed E-state index contributed by atoms with van der Waals surface area (Å²) in [6.07, 6.45) is 9.13. The fraction of sp³-hybridized carbons (Fsp3) is 0.240. The summed E-state index contributed by atoms with van der Waals surface area (Å²) in [7, 11) is 0. The summed E-state index contributed by atoms with van der Waals surface area (Å²) < 4.78 is 17.2. The number of nitrogens with zero attached hydrogens (tertiary/aromatic N) is 5. The van der Waals surface area contributed by atoms with Crippen molar-refractivity contribution in [2.75, 3.05) is 13.1 Å². The van der Waals surface area contributed by atoms with Gasteiger partial charge in [-0.3, -0.25) is 4.79 Å². The molecule has 0 radical (unpaired) electrons. The number of carbonyl (C=O) groups is 1. The first-order chi connectivity index (χ1) is 15.6. The number of carbonyl (C=O) groups excluding carboxylic acids is 1. The van der Waals surface area contributed by atoms with Crippen LogP contribution in [-0.2, 0) is 0 Å². The molecule has 6 nitrogen and oxygen atoms in total. The first kappa shape index (κ1) is 20.2. The standard InChI is InChI=1S/C25H24FN5O/c1-18-3-2-4-19(15-18)24-23(16-31(28-24)22-7-5-20(26)6-8-22)25(32)29-12-9-21(10-13-29)30-14-11-27-17-30/h2-8,11,14-17,21H,9-10,12-13H2,1H3. The number of rotatable bonds is 4. The number of aryl methyl sites for hydroxylation is 1. The molecule has 1 fully saturated rings. The lowest BCUT2D eigenvalue weighted by Crippen LogP contribution is -2.39. The van der Waals surface area contributed by atoms with Crippen molar-refractivity contribution >= 4 is 5.91 Å². The van der Waals surface area contributed by atoms with Gasteiger partial charge in [-0.2, -0.15) is 5.10 Å². The summed E-state index contributed by atoms with van der Waals surface area (Å²) >= 11 is 0. The second-order valence-electron chi connectivity index (χ2n) is 8.22. The minimum Gasteiger partial charge on any atom is -0.338 e. The molecule has 32 heavy (non-hydrogen) atoms. The maximum absolute atomic E-state index is 13.6. The molecule has 0 spiro atoms. The van der Waals surface area contributed by atoms with E-state index in [2.05, 4.69) is 9.55 Å². The van der Waals surface area contributed by atoms with Gasteiger partial charge in [0, 0.05) is 43.3 Å². The lowest BCUT2D eigenvalue weighted by molar-refractivity contribution is 0.0695. The number of likely N-dealkylation sites (tertiary alicyclic amines) is 1. The fourth-order valence-corrected chi connectivity index (χ4v) is 4.28. The number of halogens is 1. The van der Waals surface area contributed by atoms with Crippen LogP contribution in [0.3, 0.4) is 0 Å². The van der Waals surface area contributed by atoms with Crippen molar-refractivity contribution in [2.45, 2.75) is 25.8 Å². The second kappa shape index (κ2) is 8.42. The third-order valence-corrected chi connectivity index (χ3v) is 6.03. The molecule has 4 aromatic rings. The molecule has 7 heteroatoms. The molecule has 1 saturated heterocycles. The van der Waals surface area contributed by atoms with Crippen LogP contribution in [0.4, 0.5) is 4.39 Å². The van der Waals surface area contributed by atoms with Crippen molar-refractivity contribution in [3.8, 4) is 16.9 Å². The maximum atomic E-state index is 13.6. The molecular weight excluding hydrogens is 405 g/mol. The molecule has 0 aliphatic carbocycles. The lowest BCUT2D eigenvalue weighted by atomic mass is 10.0. The topological polar surface area (TPSA) is 56.0 Å². The third-order valence-electron chi connectivity index (χ3n) is 6.03. The van der Waals surface area contributed by atoms with Gasteiger partial charge in [-0.25, -0.2) is 14.1 Å². The Hall–Kier alpha value is -3.74. The quantitative estimate of drug-likeness (QED) is 0.474.